The van der Waals surface area contributed by atoms with Crippen LogP contribution in [0, 0.1) is 5.41 Å². The number of nitrogens with zero attached hydrogens (tertiary/aromatic N) is 3. The first-order valence-corrected chi connectivity index (χ1v) is 10.3. The predicted octanol–water partition coefficient (Wildman–Crippen LogP) is 1.10. The van der Waals surface area contributed by atoms with Gasteiger partial charge in [-0.05, 0) is 25.5 Å². The van der Waals surface area contributed by atoms with Crippen LogP contribution in [0.3, 0.4) is 0 Å². The van der Waals surface area contributed by atoms with Gasteiger partial charge in [0, 0.05) is 24.5 Å². The fourth-order valence-electron chi connectivity index (χ4n) is 4.80. The summed E-state index contributed by atoms with van der Waals surface area (Å²) in [5, 5.41) is 7.21. The Labute approximate surface area is 170 Å². The number of fused-ring (bicyclic) bond motifs is 4. The van der Waals surface area contributed by atoms with Gasteiger partial charge in [0.2, 0.25) is 11.8 Å². The molecule has 2 aromatic heterocycles. The van der Waals surface area contributed by atoms with Crippen molar-refractivity contribution in [1.29, 1.82) is 0 Å². The van der Waals surface area contributed by atoms with E-state index in [2.05, 4.69) is 20.6 Å². The SMILES string of the molecule is C[C@@H]1CN2c3cnc(-c4nccs4)cc3CC3(C(=O)NC(=O)NC3=O)[C@H]2[C@H](C)O1. The third kappa shape index (κ3) is 2.59. The smallest absolute Gasteiger partial charge is 0.328 e. The number of rotatable bonds is 1. The third-order valence-electron chi connectivity index (χ3n) is 5.85. The van der Waals surface area contributed by atoms with Crippen LogP contribution in [0.1, 0.15) is 19.4 Å². The van der Waals surface area contributed by atoms with Crippen LogP contribution in [0.4, 0.5) is 10.5 Å². The summed E-state index contributed by atoms with van der Waals surface area (Å²) in [7, 11) is 0. The highest BCUT2D eigenvalue weighted by Crippen LogP contribution is 2.47. The Morgan fingerprint density at radius 3 is 2.66 bits per heavy atom. The van der Waals surface area contributed by atoms with Crippen LogP contribution >= 0.6 is 11.3 Å². The maximum atomic E-state index is 13.1. The summed E-state index contributed by atoms with van der Waals surface area (Å²) >= 11 is 1.47. The highest BCUT2D eigenvalue weighted by atomic mass is 32.1. The summed E-state index contributed by atoms with van der Waals surface area (Å²) in [5.74, 6) is -1.19. The lowest BCUT2D eigenvalue weighted by Crippen LogP contribution is -2.75. The number of hydrogen-bond donors (Lipinski definition) is 2. The average Bonchev–Trinajstić information content (AvgIpc) is 3.20. The standard InChI is InChI=1S/C19H19N5O4S/c1-9-8-24-13-7-21-12(15-20-3-4-29-15)5-11(13)6-19(14(24)10(2)28-9)16(25)22-18(27)23-17(19)26/h3-5,7,9-10,14H,6,8H2,1-2H3,(H2,22,23,25,26,27)/t9-,10+,14-/m1/s1. The maximum absolute atomic E-state index is 13.1. The van der Waals surface area contributed by atoms with Crippen molar-refractivity contribution in [3.05, 3.63) is 29.4 Å². The number of pyridine rings is 1. The first-order chi connectivity index (χ1) is 13.9. The molecule has 2 aromatic rings. The lowest BCUT2D eigenvalue weighted by atomic mass is 9.67. The van der Waals surface area contributed by atoms with Gasteiger partial charge in [-0.3, -0.25) is 25.2 Å². The van der Waals surface area contributed by atoms with Gasteiger partial charge in [0.15, 0.2) is 5.41 Å². The second-order valence-electron chi connectivity index (χ2n) is 7.67. The summed E-state index contributed by atoms with van der Waals surface area (Å²) in [5.41, 5.74) is 0.916. The van der Waals surface area contributed by atoms with Crippen molar-refractivity contribution in [3.63, 3.8) is 0 Å². The third-order valence-corrected chi connectivity index (χ3v) is 6.64. The van der Waals surface area contributed by atoms with E-state index in [-0.39, 0.29) is 12.5 Å². The zero-order chi connectivity index (χ0) is 20.3. The lowest BCUT2D eigenvalue weighted by molar-refractivity contribution is -0.153. The number of ether oxygens (including phenoxy) is 1. The molecule has 0 aliphatic carbocycles. The van der Waals surface area contributed by atoms with E-state index in [1.165, 1.54) is 11.3 Å². The minimum Gasteiger partial charge on any atom is -0.372 e. The van der Waals surface area contributed by atoms with Crippen molar-refractivity contribution in [1.82, 2.24) is 20.6 Å². The number of carbonyl (C=O) groups excluding carboxylic acids is 3. The molecule has 5 heterocycles. The summed E-state index contributed by atoms with van der Waals surface area (Å²) in [6, 6.07) is 0.541. The molecular formula is C19H19N5O4S. The van der Waals surface area contributed by atoms with Crippen LogP contribution in [-0.4, -0.2) is 52.6 Å². The molecular weight excluding hydrogens is 394 g/mol. The minimum absolute atomic E-state index is 0.0840. The van der Waals surface area contributed by atoms with E-state index in [1.807, 2.05) is 30.2 Å². The van der Waals surface area contributed by atoms with Gasteiger partial charge in [0.1, 0.15) is 5.01 Å². The molecule has 9 nitrogen and oxygen atoms in total. The molecule has 5 rings (SSSR count). The first-order valence-electron chi connectivity index (χ1n) is 9.38. The largest absolute Gasteiger partial charge is 0.372 e. The van der Waals surface area contributed by atoms with E-state index in [0.29, 0.717) is 12.2 Å². The predicted molar refractivity (Wildman–Crippen MR) is 104 cm³/mol. The number of aromatic nitrogens is 2. The van der Waals surface area contributed by atoms with Crippen LogP contribution < -0.4 is 15.5 Å². The van der Waals surface area contributed by atoms with Crippen LogP contribution in [0.5, 0.6) is 0 Å². The number of hydrogen-bond acceptors (Lipinski definition) is 8. The molecule has 0 radical (unpaired) electrons. The molecule has 29 heavy (non-hydrogen) atoms. The molecule has 0 aromatic carbocycles. The first kappa shape index (κ1) is 18.2. The second kappa shape index (κ2) is 6.33. The molecule has 3 atom stereocenters. The normalized spacial score (nSPS) is 27.9. The van der Waals surface area contributed by atoms with E-state index >= 15 is 0 Å². The van der Waals surface area contributed by atoms with E-state index in [0.717, 1.165) is 16.3 Å². The van der Waals surface area contributed by atoms with Crippen molar-refractivity contribution in [2.24, 2.45) is 5.41 Å². The van der Waals surface area contributed by atoms with Crippen molar-refractivity contribution < 1.29 is 19.1 Å². The molecule has 0 unspecified atom stereocenters. The maximum Gasteiger partial charge on any atom is 0.328 e. The summed E-state index contributed by atoms with van der Waals surface area (Å²) in [6.07, 6.45) is 3.16. The Bertz CT molecular complexity index is 1000. The molecule has 4 amide bonds. The Kier molecular flexibility index (Phi) is 3.97. The second-order valence-corrected chi connectivity index (χ2v) is 8.56. The molecule has 2 saturated heterocycles. The van der Waals surface area contributed by atoms with Gasteiger partial charge in [0.25, 0.3) is 0 Å². The summed E-state index contributed by atoms with van der Waals surface area (Å²) in [6.45, 7) is 4.32. The van der Waals surface area contributed by atoms with Gasteiger partial charge >= 0.3 is 6.03 Å². The number of thiazole rings is 1. The molecule has 10 heteroatoms. The van der Waals surface area contributed by atoms with Gasteiger partial charge in [-0.15, -0.1) is 11.3 Å². The van der Waals surface area contributed by atoms with Crippen molar-refractivity contribution in [2.45, 2.75) is 38.5 Å². The average molecular weight is 413 g/mol. The monoisotopic (exact) mass is 413 g/mol. The van der Waals surface area contributed by atoms with Crippen molar-refractivity contribution in [2.75, 3.05) is 11.4 Å². The zero-order valence-electron chi connectivity index (χ0n) is 15.8. The molecule has 0 bridgehead atoms. The van der Waals surface area contributed by atoms with Gasteiger partial charge < -0.3 is 9.64 Å². The Morgan fingerprint density at radius 1 is 1.21 bits per heavy atom. The zero-order valence-corrected chi connectivity index (χ0v) is 16.7. The van der Waals surface area contributed by atoms with E-state index in [9.17, 15) is 14.4 Å². The Hall–Kier alpha value is -2.85. The molecule has 0 saturated carbocycles. The van der Waals surface area contributed by atoms with E-state index in [1.54, 1.807) is 12.4 Å². The molecule has 1 spiro atoms. The highest BCUT2D eigenvalue weighted by molar-refractivity contribution is 7.13. The number of barbiturate groups is 1. The molecule has 3 aliphatic rings. The Morgan fingerprint density at radius 2 is 1.97 bits per heavy atom. The van der Waals surface area contributed by atoms with Gasteiger partial charge in [-0.2, -0.15) is 0 Å². The van der Waals surface area contributed by atoms with E-state index in [4.69, 9.17) is 4.74 Å². The molecule has 3 aliphatic heterocycles. The van der Waals surface area contributed by atoms with Crippen LogP contribution in [-0.2, 0) is 20.7 Å². The number of anilines is 1. The van der Waals surface area contributed by atoms with Gasteiger partial charge in [-0.1, -0.05) is 0 Å². The topological polar surface area (TPSA) is 114 Å². The fraction of sp³-hybridized carbons (Fsp3) is 0.421. The highest BCUT2D eigenvalue weighted by Gasteiger charge is 2.62. The molecule has 2 N–H and O–H groups in total. The Balaban J connectivity index is 1.69. The van der Waals surface area contributed by atoms with E-state index < -0.39 is 35.4 Å². The van der Waals surface area contributed by atoms with Crippen molar-refractivity contribution >= 4 is 34.9 Å². The lowest BCUT2D eigenvalue weighted by Gasteiger charge is -2.55. The van der Waals surface area contributed by atoms with Crippen LogP contribution in [0.25, 0.3) is 10.7 Å². The number of urea groups is 1. The van der Waals surface area contributed by atoms with Gasteiger partial charge in [-0.25, -0.2) is 9.78 Å². The van der Waals surface area contributed by atoms with Crippen LogP contribution in [0.15, 0.2) is 23.8 Å². The summed E-state index contributed by atoms with van der Waals surface area (Å²) < 4.78 is 5.99. The number of nitrogens with one attached hydrogen (secondary N) is 2. The summed E-state index contributed by atoms with van der Waals surface area (Å²) in [4.78, 5) is 48.8. The number of morpholine rings is 1. The molecule has 2 fully saturated rings. The minimum atomic E-state index is -1.47. The van der Waals surface area contributed by atoms with Crippen molar-refractivity contribution in [3.8, 4) is 10.7 Å². The fourth-order valence-corrected chi connectivity index (χ4v) is 5.40. The number of amides is 4. The quantitative estimate of drug-likeness (QED) is 0.673. The van der Waals surface area contributed by atoms with Crippen LogP contribution in [0.2, 0.25) is 0 Å². The number of carbonyl (C=O) groups is 3. The molecule has 150 valence electrons. The number of imide groups is 2. The van der Waals surface area contributed by atoms with Gasteiger partial charge in [0.05, 0.1) is 35.8 Å².